The summed E-state index contributed by atoms with van der Waals surface area (Å²) in [5.41, 5.74) is 0.765. The van der Waals surface area contributed by atoms with Crippen LogP contribution in [0.15, 0.2) is 52.7 Å². The van der Waals surface area contributed by atoms with Crippen molar-refractivity contribution in [2.24, 2.45) is 0 Å². The van der Waals surface area contributed by atoms with Crippen molar-refractivity contribution in [3.8, 4) is 0 Å². The second kappa shape index (κ2) is 6.80. The van der Waals surface area contributed by atoms with Crippen molar-refractivity contribution in [2.75, 3.05) is 18.0 Å². The molecule has 3 aromatic rings. The first kappa shape index (κ1) is 18.8. The summed E-state index contributed by atoms with van der Waals surface area (Å²) in [5.74, 6) is -0.840. The van der Waals surface area contributed by atoms with Crippen LogP contribution >= 0.6 is 11.3 Å². The van der Waals surface area contributed by atoms with E-state index < -0.39 is 21.8 Å². The molecule has 2 amide bonds. The first-order chi connectivity index (χ1) is 13.4. The number of nitrogens with zero attached hydrogens (tertiary/aromatic N) is 2. The normalized spacial score (nSPS) is 13.7. The summed E-state index contributed by atoms with van der Waals surface area (Å²) in [5, 5.41) is 2.73. The molecule has 144 valence electrons. The largest absolute Gasteiger partial charge is 0.275 e. The minimum absolute atomic E-state index is 0.148. The van der Waals surface area contributed by atoms with Gasteiger partial charge in [0.15, 0.2) is 0 Å². The summed E-state index contributed by atoms with van der Waals surface area (Å²) < 4.78 is 27.6. The van der Waals surface area contributed by atoms with Crippen molar-refractivity contribution >= 4 is 49.6 Å². The van der Waals surface area contributed by atoms with Crippen LogP contribution in [0.4, 0.5) is 5.69 Å². The minimum Gasteiger partial charge on any atom is -0.268 e. The number of amides is 2. The molecule has 0 aliphatic carbocycles. The molecule has 0 fully saturated rings. The van der Waals surface area contributed by atoms with E-state index in [-0.39, 0.29) is 4.90 Å². The van der Waals surface area contributed by atoms with E-state index in [9.17, 15) is 18.0 Å². The van der Waals surface area contributed by atoms with Crippen molar-refractivity contribution in [2.45, 2.75) is 18.7 Å². The summed E-state index contributed by atoms with van der Waals surface area (Å²) >= 11 is 1.26. The van der Waals surface area contributed by atoms with Crippen molar-refractivity contribution in [3.05, 3.63) is 58.3 Å². The zero-order valence-electron chi connectivity index (χ0n) is 15.4. The molecule has 8 heteroatoms. The lowest BCUT2D eigenvalue weighted by Gasteiger charge is -2.20. The number of thiophene rings is 1. The molecular formula is C20H18N2O4S2. The van der Waals surface area contributed by atoms with Gasteiger partial charge in [-0.1, -0.05) is 32.0 Å². The van der Waals surface area contributed by atoms with Gasteiger partial charge in [-0.15, -0.1) is 11.3 Å². The number of hydrogen-bond donors (Lipinski definition) is 0. The number of rotatable bonds is 5. The third-order valence-electron chi connectivity index (χ3n) is 4.91. The fourth-order valence-electron chi connectivity index (χ4n) is 3.60. The Hall–Kier alpha value is -2.55. The van der Waals surface area contributed by atoms with Gasteiger partial charge >= 0.3 is 0 Å². The quantitative estimate of drug-likeness (QED) is 0.596. The second-order valence-corrected chi connectivity index (χ2v) is 9.18. The topological polar surface area (TPSA) is 74.8 Å². The Morgan fingerprint density at radius 1 is 1.07 bits per heavy atom. The molecule has 0 spiro atoms. The Kier molecular flexibility index (Phi) is 4.57. The number of carbonyl (C=O) groups excluding carboxylic acids is 2. The third-order valence-corrected chi connectivity index (χ3v) is 7.88. The van der Waals surface area contributed by atoms with Crippen LogP contribution in [0.5, 0.6) is 0 Å². The van der Waals surface area contributed by atoms with Gasteiger partial charge in [0.25, 0.3) is 11.8 Å². The van der Waals surface area contributed by atoms with Gasteiger partial charge < -0.3 is 0 Å². The number of imide groups is 1. The molecular weight excluding hydrogens is 396 g/mol. The van der Waals surface area contributed by atoms with Crippen molar-refractivity contribution in [1.82, 2.24) is 4.31 Å². The Morgan fingerprint density at radius 3 is 2.46 bits per heavy atom. The number of hydrogen-bond acceptors (Lipinski definition) is 5. The van der Waals surface area contributed by atoms with E-state index in [1.54, 1.807) is 55.6 Å². The third kappa shape index (κ3) is 2.60. The fourth-order valence-corrected chi connectivity index (χ4v) is 5.89. The highest BCUT2D eigenvalue weighted by Gasteiger charge is 2.37. The van der Waals surface area contributed by atoms with Crippen molar-refractivity contribution in [1.29, 1.82) is 0 Å². The molecule has 2 heterocycles. The van der Waals surface area contributed by atoms with E-state index in [2.05, 4.69) is 0 Å². The summed E-state index contributed by atoms with van der Waals surface area (Å²) in [6, 6.07) is 11.4. The molecule has 0 saturated carbocycles. The van der Waals surface area contributed by atoms with Crippen LogP contribution in [0.1, 0.15) is 33.9 Å². The standard InChI is InChI=1S/C20H18N2O4S2/c1-3-21(4-2)28(25,26)17-11-10-15-18-13(17)7-5-8-14(18)19(23)22(15)20(24)16-9-6-12-27-16/h5-12H,3-4H2,1-2H3. The first-order valence-corrected chi connectivity index (χ1v) is 11.2. The minimum atomic E-state index is -3.71. The molecule has 28 heavy (non-hydrogen) atoms. The predicted molar refractivity (Wildman–Crippen MR) is 110 cm³/mol. The van der Waals surface area contributed by atoms with Crippen LogP contribution in [0.3, 0.4) is 0 Å². The molecule has 1 aromatic heterocycles. The van der Waals surface area contributed by atoms with Gasteiger partial charge in [0.1, 0.15) is 0 Å². The van der Waals surface area contributed by atoms with Crippen LogP contribution in [-0.4, -0.2) is 37.6 Å². The summed E-state index contributed by atoms with van der Waals surface area (Å²) in [6.45, 7) is 4.27. The van der Waals surface area contributed by atoms with Gasteiger partial charge in [-0.05, 0) is 29.6 Å². The fraction of sp³-hybridized carbons (Fsp3) is 0.200. The maximum Gasteiger partial charge on any atom is 0.275 e. The molecule has 6 nitrogen and oxygen atoms in total. The monoisotopic (exact) mass is 414 g/mol. The summed E-state index contributed by atoms with van der Waals surface area (Å²) in [7, 11) is -3.71. The molecule has 1 aliphatic heterocycles. The van der Waals surface area contributed by atoms with Crippen LogP contribution in [-0.2, 0) is 10.0 Å². The lowest BCUT2D eigenvalue weighted by atomic mass is 10.1. The number of benzene rings is 2. The highest BCUT2D eigenvalue weighted by Crippen LogP contribution is 2.41. The van der Waals surface area contributed by atoms with Crippen molar-refractivity contribution in [3.63, 3.8) is 0 Å². The zero-order chi connectivity index (χ0) is 20.1. The Balaban J connectivity index is 1.94. The smallest absolute Gasteiger partial charge is 0.268 e. The number of carbonyl (C=O) groups is 2. The van der Waals surface area contributed by atoms with Crippen LogP contribution in [0.25, 0.3) is 10.8 Å². The van der Waals surface area contributed by atoms with Crippen LogP contribution in [0.2, 0.25) is 0 Å². The highest BCUT2D eigenvalue weighted by molar-refractivity contribution is 7.89. The van der Waals surface area contributed by atoms with E-state index in [0.717, 1.165) is 4.90 Å². The molecule has 0 bridgehead atoms. The molecule has 0 saturated heterocycles. The first-order valence-electron chi connectivity index (χ1n) is 8.90. The van der Waals surface area contributed by atoms with E-state index in [4.69, 9.17) is 0 Å². The van der Waals surface area contributed by atoms with Crippen LogP contribution < -0.4 is 4.90 Å². The maximum atomic E-state index is 13.1. The lowest BCUT2D eigenvalue weighted by Crippen LogP contribution is -2.33. The van der Waals surface area contributed by atoms with Gasteiger partial charge in [0.2, 0.25) is 10.0 Å². The van der Waals surface area contributed by atoms with E-state index in [0.29, 0.717) is 40.0 Å². The Bertz CT molecular complexity index is 1200. The van der Waals surface area contributed by atoms with Gasteiger partial charge in [0, 0.05) is 23.9 Å². The van der Waals surface area contributed by atoms with E-state index in [1.165, 1.54) is 21.7 Å². The van der Waals surface area contributed by atoms with Crippen LogP contribution in [0, 0.1) is 0 Å². The Morgan fingerprint density at radius 2 is 1.82 bits per heavy atom. The van der Waals surface area contributed by atoms with Gasteiger partial charge in [-0.25, -0.2) is 13.3 Å². The van der Waals surface area contributed by atoms with E-state index >= 15 is 0 Å². The average molecular weight is 415 g/mol. The number of sulfonamides is 1. The van der Waals surface area contributed by atoms with Crippen molar-refractivity contribution < 1.29 is 18.0 Å². The second-order valence-electron chi connectivity index (χ2n) is 6.32. The SMILES string of the molecule is CCN(CC)S(=O)(=O)c1ccc2c3c(cccc13)C(=O)N2C(=O)c1cccs1. The van der Waals surface area contributed by atoms with Gasteiger partial charge in [0.05, 0.1) is 21.0 Å². The number of anilines is 1. The zero-order valence-corrected chi connectivity index (χ0v) is 17.0. The van der Waals surface area contributed by atoms with Gasteiger partial charge in [-0.3, -0.25) is 9.59 Å². The molecule has 0 radical (unpaired) electrons. The summed E-state index contributed by atoms with van der Waals surface area (Å²) in [6.07, 6.45) is 0. The Labute approximate surface area is 167 Å². The summed E-state index contributed by atoms with van der Waals surface area (Å²) in [4.78, 5) is 27.6. The maximum absolute atomic E-state index is 13.1. The average Bonchev–Trinajstić information content (AvgIpc) is 3.31. The molecule has 0 atom stereocenters. The predicted octanol–water partition coefficient (Wildman–Crippen LogP) is 3.73. The lowest BCUT2D eigenvalue weighted by molar-refractivity contribution is 0.0905. The molecule has 0 N–H and O–H groups in total. The highest BCUT2D eigenvalue weighted by atomic mass is 32.2. The molecule has 4 rings (SSSR count). The molecule has 1 aliphatic rings. The molecule has 2 aromatic carbocycles. The molecule has 0 unspecified atom stereocenters. The van der Waals surface area contributed by atoms with E-state index in [1.807, 2.05) is 0 Å². The van der Waals surface area contributed by atoms with Gasteiger partial charge in [-0.2, -0.15) is 4.31 Å².